The van der Waals surface area contributed by atoms with E-state index < -0.39 is 10.0 Å². The number of rotatable bonds is 6. The Kier molecular flexibility index (Phi) is 5.21. The van der Waals surface area contributed by atoms with Gasteiger partial charge < -0.3 is 5.32 Å². The first kappa shape index (κ1) is 13.9. The summed E-state index contributed by atoms with van der Waals surface area (Å²) in [6, 6.07) is 0.0422. The van der Waals surface area contributed by atoms with Gasteiger partial charge in [0.2, 0.25) is 10.0 Å². The van der Waals surface area contributed by atoms with Crippen LogP contribution in [0.3, 0.4) is 0 Å². The molecule has 1 aliphatic heterocycles. The summed E-state index contributed by atoms with van der Waals surface area (Å²) in [7, 11) is -3.14. The normalized spacial score (nSPS) is 23.9. The summed E-state index contributed by atoms with van der Waals surface area (Å²) in [5.74, 6) is 0.434. The molecule has 0 bridgehead atoms. The fourth-order valence-electron chi connectivity index (χ4n) is 2.34. The largest absolute Gasteiger partial charge is 0.315 e. The molecule has 0 radical (unpaired) electrons. The highest BCUT2D eigenvalue weighted by Crippen LogP contribution is 2.16. The van der Waals surface area contributed by atoms with Crippen molar-refractivity contribution in [2.75, 3.05) is 13.1 Å². The van der Waals surface area contributed by atoms with Crippen molar-refractivity contribution in [3.05, 3.63) is 0 Å². The molecule has 16 heavy (non-hydrogen) atoms. The molecule has 0 aromatic rings. The monoisotopic (exact) mass is 248 g/mol. The van der Waals surface area contributed by atoms with Crippen LogP contribution in [0.2, 0.25) is 0 Å². The summed E-state index contributed by atoms with van der Waals surface area (Å²) in [4.78, 5) is 0. The standard InChI is InChI=1S/C11H24N2O2S/c1-4-10(5-2)9(3)13-16(14,15)11-6-7-12-8-11/h9-13H,4-8H2,1-3H3. The van der Waals surface area contributed by atoms with Gasteiger partial charge in [-0.3, -0.25) is 0 Å². The fraction of sp³-hybridized carbons (Fsp3) is 1.00. The Hall–Kier alpha value is -0.130. The molecule has 0 saturated carbocycles. The Labute approximate surface area is 99.2 Å². The Bertz CT molecular complexity index is 293. The van der Waals surface area contributed by atoms with Gasteiger partial charge in [0, 0.05) is 12.6 Å². The minimum atomic E-state index is -3.14. The van der Waals surface area contributed by atoms with Gasteiger partial charge in [0.1, 0.15) is 0 Å². The van der Waals surface area contributed by atoms with Gasteiger partial charge in [0.25, 0.3) is 0 Å². The van der Waals surface area contributed by atoms with Gasteiger partial charge in [0.05, 0.1) is 5.25 Å². The molecule has 1 aliphatic rings. The number of nitrogens with one attached hydrogen (secondary N) is 2. The van der Waals surface area contributed by atoms with Crippen LogP contribution in [0.1, 0.15) is 40.0 Å². The van der Waals surface area contributed by atoms with Crippen molar-refractivity contribution in [3.63, 3.8) is 0 Å². The second-order valence-electron chi connectivity index (χ2n) is 4.64. The van der Waals surface area contributed by atoms with Crippen LogP contribution in [-0.4, -0.2) is 32.8 Å². The van der Waals surface area contributed by atoms with Crippen LogP contribution in [0.5, 0.6) is 0 Å². The van der Waals surface area contributed by atoms with Gasteiger partial charge in [-0.2, -0.15) is 0 Å². The second-order valence-corrected chi connectivity index (χ2v) is 6.64. The van der Waals surface area contributed by atoms with Gasteiger partial charge in [-0.15, -0.1) is 0 Å². The predicted octanol–water partition coefficient (Wildman–Crippen LogP) is 1.09. The van der Waals surface area contributed by atoms with Crippen LogP contribution in [0, 0.1) is 5.92 Å². The average molecular weight is 248 g/mol. The van der Waals surface area contributed by atoms with Crippen LogP contribution in [0.25, 0.3) is 0 Å². The van der Waals surface area contributed by atoms with E-state index in [9.17, 15) is 8.42 Å². The summed E-state index contributed by atoms with van der Waals surface area (Å²) in [6.07, 6.45) is 2.76. The molecule has 0 aromatic heterocycles. The topological polar surface area (TPSA) is 58.2 Å². The van der Waals surface area contributed by atoms with Crippen molar-refractivity contribution >= 4 is 10.0 Å². The molecule has 0 amide bonds. The summed E-state index contributed by atoms with van der Waals surface area (Å²) in [5.41, 5.74) is 0. The molecule has 4 nitrogen and oxygen atoms in total. The van der Waals surface area contributed by atoms with E-state index in [0.717, 1.165) is 25.8 Å². The molecule has 0 aromatic carbocycles. The third kappa shape index (κ3) is 3.43. The molecule has 96 valence electrons. The van der Waals surface area contributed by atoms with Crippen LogP contribution in [0.15, 0.2) is 0 Å². The lowest BCUT2D eigenvalue weighted by atomic mass is 9.96. The molecule has 2 atom stereocenters. The molecule has 0 aliphatic carbocycles. The highest BCUT2D eigenvalue weighted by Gasteiger charge is 2.30. The lowest BCUT2D eigenvalue weighted by molar-refractivity contribution is 0.389. The maximum atomic E-state index is 12.0. The first-order valence-corrected chi connectivity index (χ1v) is 7.77. The Balaban J connectivity index is 2.57. The zero-order chi connectivity index (χ0) is 12.2. The van der Waals surface area contributed by atoms with Gasteiger partial charge >= 0.3 is 0 Å². The van der Waals surface area contributed by atoms with Crippen molar-refractivity contribution in [2.24, 2.45) is 5.92 Å². The van der Waals surface area contributed by atoms with Gasteiger partial charge in [-0.1, -0.05) is 26.7 Å². The van der Waals surface area contributed by atoms with E-state index in [1.807, 2.05) is 6.92 Å². The summed E-state index contributed by atoms with van der Waals surface area (Å²) in [6.45, 7) is 7.58. The SMILES string of the molecule is CCC(CC)C(C)NS(=O)(=O)C1CCNC1. The van der Waals surface area contributed by atoms with Crippen molar-refractivity contribution < 1.29 is 8.42 Å². The smallest absolute Gasteiger partial charge is 0.216 e. The molecule has 2 N–H and O–H groups in total. The zero-order valence-electron chi connectivity index (χ0n) is 10.5. The molecule has 1 saturated heterocycles. The predicted molar refractivity (Wildman–Crippen MR) is 66.9 cm³/mol. The molecular weight excluding hydrogens is 224 g/mol. The minimum absolute atomic E-state index is 0.0422. The highest BCUT2D eigenvalue weighted by atomic mass is 32.2. The summed E-state index contributed by atoms with van der Waals surface area (Å²) < 4.78 is 26.9. The van der Waals surface area contributed by atoms with Crippen LogP contribution in [0.4, 0.5) is 0 Å². The van der Waals surface area contributed by atoms with Crippen LogP contribution >= 0.6 is 0 Å². The van der Waals surface area contributed by atoms with E-state index in [1.165, 1.54) is 0 Å². The molecule has 1 rings (SSSR count). The lowest BCUT2D eigenvalue weighted by Gasteiger charge is -2.24. The maximum absolute atomic E-state index is 12.0. The Morgan fingerprint density at radius 1 is 1.38 bits per heavy atom. The minimum Gasteiger partial charge on any atom is -0.315 e. The van der Waals surface area contributed by atoms with Gasteiger partial charge in [-0.25, -0.2) is 13.1 Å². The van der Waals surface area contributed by atoms with E-state index in [1.54, 1.807) is 0 Å². The maximum Gasteiger partial charge on any atom is 0.216 e. The molecule has 5 heteroatoms. The van der Waals surface area contributed by atoms with E-state index in [2.05, 4.69) is 23.9 Å². The van der Waals surface area contributed by atoms with Crippen molar-refractivity contribution in [1.29, 1.82) is 0 Å². The van der Waals surface area contributed by atoms with Crippen LogP contribution in [-0.2, 0) is 10.0 Å². The summed E-state index contributed by atoms with van der Waals surface area (Å²) in [5, 5.41) is 2.84. The molecule has 2 unspecified atom stereocenters. The quantitative estimate of drug-likeness (QED) is 0.740. The third-order valence-corrected chi connectivity index (χ3v) is 5.54. The number of hydrogen-bond acceptors (Lipinski definition) is 3. The summed E-state index contributed by atoms with van der Waals surface area (Å²) >= 11 is 0. The first-order chi connectivity index (χ1) is 7.51. The molecule has 1 fully saturated rings. The molecule has 1 heterocycles. The third-order valence-electron chi connectivity index (χ3n) is 3.56. The van der Waals surface area contributed by atoms with Crippen LogP contribution < -0.4 is 10.0 Å². The average Bonchev–Trinajstić information content (AvgIpc) is 2.71. The van der Waals surface area contributed by atoms with E-state index in [0.29, 0.717) is 12.5 Å². The zero-order valence-corrected chi connectivity index (χ0v) is 11.3. The second kappa shape index (κ2) is 5.98. The van der Waals surface area contributed by atoms with E-state index >= 15 is 0 Å². The fourth-order valence-corrected chi connectivity index (χ4v) is 4.01. The van der Waals surface area contributed by atoms with Gasteiger partial charge in [-0.05, 0) is 25.8 Å². The van der Waals surface area contributed by atoms with E-state index in [4.69, 9.17) is 0 Å². The molecule has 0 spiro atoms. The highest BCUT2D eigenvalue weighted by molar-refractivity contribution is 7.90. The van der Waals surface area contributed by atoms with Crippen molar-refractivity contribution in [2.45, 2.75) is 51.3 Å². The molecular formula is C11H24N2O2S. The van der Waals surface area contributed by atoms with Gasteiger partial charge in [0.15, 0.2) is 0 Å². The van der Waals surface area contributed by atoms with Crippen molar-refractivity contribution in [3.8, 4) is 0 Å². The number of hydrogen-bond donors (Lipinski definition) is 2. The lowest BCUT2D eigenvalue weighted by Crippen LogP contribution is -2.43. The Morgan fingerprint density at radius 3 is 2.44 bits per heavy atom. The van der Waals surface area contributed by atoms with Crippen molar-refractivity contribution in [1.82, 2.24) is 10.0 Å². The first-order valence-electron chi connectivity index (χ1n) is 6.23. The number of sulfonamides is 1. The Morgan fingerprint density at radius 2 is 2.00 bits per heavy atom. The van der Waals surface area contributed by atoms with E-state index in [-0.39, 0.29) is 11.3 Å².